The van der Waals surface area contributed by atoms with Gasteiger partial charge in [0.05, 0.1) is 21.8 Å². The van der Waals surface area contributed by atoms with Crippen molar-refractivity contribution in [2.75, 3.05) is 5.32 Å². The second-order valence-corrected chi connectivity index (χ2v) is 5.06. The van der Waals surface area contributed by atoms with Gasteiger partial charge in [0.15, 0.2) is 0 Å². The van der Waals surface area contributed by atoms with Crippen LogP contribution >= 0.6 is 27.5 Å². The maximum Gasteiger partial charge on any atom is 0.274 e. The standard InChI is InChI=1S/C12H9BrClN3O2/c13-9-1-2-12(17(18)19)8(5-9)6-16-11-7-15-4-3-10(11)14/h1-5,7,16H,6H2. The molecular formula is C12H9BrClN3O2. The van der Waals surface area contributed by atoms with Crippen molar-refractivity contribution < 1.29 is 4.92 Å². The van der Waals surface area contributed by atoms with Crippen molar-refractivity contribution in [3.8, 4) is 0 Å². The summed E-state index contributed by atoms with van der Waals surface area (Å²) in [7, 11) is 0. The lowest BCUT2D eigenvalue weighted by molar-refractivity contribution is -0.385. The van der Waals surface area contributed by atoms with Gasteiger partial charge in [0, 0.05) is 28.8 Å². The quantitative estimate of drug-likeness (QED) is 0.673. The Bertz CT molecular complexity index is 622. The number of nitro benzene ring substituents is 1. The molecule has 1 aromatic heterocycles. The van der Waals surface area contributed by atoms with Gasteiger partial charge < -0.3 is 5.32 Å². The van der Waals surface area contributed by atoms with E-state index in [1.165, 1.54) is 6.07 Å². The van der Waals surface area contributed by atoms with E-state index >= 15 is 0 Å². The zero-order chi connectivity index (χ0) is 13.8. The molecule has 5 nitrogen and oxygen atoms in total. The number of rotatable bonds is 4. The molecule has 0 aliphatic carbocycles. The van der Waals surface area contributed by atoms with Crippen LogP contribution in [-0.2, 0) is 6.54 Å². The van der Waals surface area contributed by atoms with E-state index < -0.39 is 4.92 Å². The SMILES string of the molecule is O=[N+]([O-])c1ccc(Br)cc1CNc1cnccc1Cl. The summed E-state index contributed by atoms with van der Waals surface area (Å²) < 4.78 is 0.784. The number of pyridine rings is 1. The molecule has 7 heteroatoms. The molecule has 1 heterocycles. The minimum absolute atomic E-state index is 0.0655. The maximum absolute atomic E-state index is 10.9. The van der Waals surface area contributed by atoms with Crippen molar-refractivity contribution in [2.45, 2.75) is 6.54 Å². The molecule has 19 heavy (non-hydrogen) atoms. The number of nitrogens with zero attached hydrogens (tertiary/aromatic N) is 2. The summed E-state index contributed by atoms with van der Waals surface area (Å²) in [6.07, 6.45) is 3.15. The Balaban J connectivity index is 2.22. The number of halogens is 2. The highest BCUT2D eigenvalue weighted by Crippen LogP contribution is 2.25. The van der Waals surface area contributed by atoms with Crippen molar-refractivity contribution in [3.05, 3.63) is 61.8 Å². The van der Waals surface area contributed by atoms with Crippen molar-refractivity contribution in [1.29, 1.82) is 0 Å². The third-order valence-electron chi connectivity index (χ3n) is 2.48. The third kappa shape index (κ3) is 3.42. The minimum atomic E-state index is -0.408. The number of anilines is 1. The Hall–Kier alpha value is -1.66. The molecule has 0 aliphatic rings. The van der Waals surface area contributed by atoms with Gasteiger partial charge in [-0.05, 0) is 18.2 Å². The smallest absolute Gasteiger partial charge is 0.274 e. The van der Waals surface area contributed by atoms with E-state index in [-0.39, 0.29) is 5.69 Å². The van der Waals surface area contributed by atoms with Crippen LogP contribution in [0.4, 0.5) is 11.4 Å². The summed E-state index contributed by atoms with van der Waals surface area (Å²) in [4.78, 5) is 14.5. The van der Waals surface area contributed by atoms with Crippen LogP contribution in [0.3, 0.4) is 0 Å². The lowest BCUT2D eigenvalue weighted by Gasteiger charge is -2.08. The lowest BCUT2D eigenvalue weighted by atomic mass is 10.2. The zero-order valence-corrected chi connectivity index (χ0v) is 12.0. The molecule has 0 atom stereocenters. The van der Waals surface area contributed by atoms with Gasteiger partial charge >= 0.3 is 0 Å². The van der Waals surface area contributed by atoms with Gasteiger partial charge in [-0.25, -0.2) is 0 Å². The van der Waals surface area contributed by atoms with E-state index in [2.05, 4.69) is 26.2 Å². The molecule has 0 spiro atoms. The summed E-state index contributed by atoms with van der Waals surface area (Å²) >= 11 is 9.28. The van der Waals surface area contributed by atoms with Crippen LogP contribution in [0.15, 0.2) is 41.1 Å². The van der Waals surface area contributed by atoms with Gasteiger partial charge in [-0.3, -0.25) is 15.1 Å². The Kier molecular flexibility index (Phi) is 4.34. The highest BCUT2D eigenvalue weighted by atomic mass is 79.9. The molecule has 2 rings (SSSR count). The van der Waals surface area contributed by atoms with Crippen molar-refractivity contribution >= 4 is 38.9 Å². The molecule has 0 aliphatic heterocycles. The summed E-state index contributed by atoms with van der Waals surface area (Å²) in [6.45, 7) is 0.293. The second-order valence-electron chi connectivity index (χ2n) is 3.74. The number of hydrogen-bond donors (Lipinski definition) is 1. The summed E-state index contributed by atoms with van der Waals surface area (Å²) in [5.74, 6) is 0. The highest BCUT2D eigenvalue weighted by molar-refractivity contribution is 9.10. The topological polar surface area (TPSA) is 68.1 Å². The molecule has 0 unspecified atom stereocenters. The maximum atomic E-state index is 10.9. The summed E-state index contributed by atoms with van der Waals surface area (Å²) in [5.41, 5.74) is 1.27. The van der Waals surface area contributed by atoms with Crippen LogP contribution in [0.5, 0.6) is 0 Å². The highest BCUT2D eigenvalue weighted by Gasteiger charge is 2.13. The first-order chi connectivity index (χ1) is 9.08. The third-order valence-corrected chi connectivity index (χ3v) is 3.30. The van der Waals surface area contributed by atoms with Crippen LogP contribution in [0.25, 0.3) is 0 Å². The molecule has 0 fully saturated rings. The predicted octanol–water partition coefficient (Wildman–Crippen LogP) is 4.02. The molecule has 1 aromatic carbocycles. The molecule has 98 valence electrons. The van der Waals surface area contributed by atoms with Gasteiger partial charge in [0.2, 0.25) is 0 Å². The molecule has 0 amide bonds. The molecular weight excluding hydrogens is 334 g/mol. The fraction of sp³-hybridized carbons (Fsp3) is 0.0833. The summed E-state index contributed by atoms with van der Waals surface area (Å²) in [5, 5.41) is 14.5. The van der Waals surface area contributed by atoms with E-state index in [0.717, 1.165) is 4.47 Å². The van der Waals surface area contributed by atoms with Crippen LogP contribution in [-0.4, -0.2) is 9.91 Å². The monoisotopic (exact) mass is 341 g/mol. The number of hydrogen-bond acceptors (Lipinski definition) is 4. The molecule has 2 aromatic rings. The van der Waals surface area contributed by atoms with Gasteiger partial charge in [0.25, 0.3) is 5.69 Å². The van der Waals surface area contributed by atoms with Gasteiger partial charge in [-0.2, -0.15) is 0 Å². The first-order valence-corrected chi connectivity index (χ1v) is 6.51. The lowest BCUT2D eigenvalue weighted by Crippen LogP contribution is -2.03. The van der Waals surface area contributed by atoms with E-state index in [1.807, 2.05) is 0 Å². The number of nitro groups is 1. The van der Waals surface area contributed by atoms with Crippen molar-refractivity contribution in [3.63, 3.8) is 0 Å². The fourth-order valence-electron chi connectivity index (χ4n) is 1.57. The Morgan fingerprint density at radius 1 is 1.42 bits per heavy atom. The van der Waals surface area contributed by atoms with Crippen molar-refractivity contribution in [2.24, 2.45) is 0 Å². The zero-order valence-electron chi connectivity index (χ0n) is 9.64. The molecule has 1 N–H and O–H groups in total. The van der Waals surface area contributed by atoms with Crippen LogP contribution < -0.4 is 5.32 Å². The second kappa shape index (κ2) is 5.99. The van der Waals surface area contributed by atoms with Gasteiger partial charge in [0.1, 0.15) is 0 Å². The average molecular weight is 343 g/mol. The summed E-state index contributed by atoms with van der Waals surface area (Å²) in [6, 6.07) is 6.46. The van der Waals surface area contributed by atoms with E-state index in [0.29, 0.717) is 22.8 Å². The van der Waals surface area contributed by atoms with Crippen LogP contribution in [0.2, 0.25) is 5.02 Å². The molecule has 0 radical (unpaired) electrons. The molecule has 0 bridgehead atoms. The van der Waals surface area contributed by atoms with Crippen LogP contribution in [0, 0.1) is 10.1 Å². The number of benzene rings is 1. The number of aromatic nitrogens is 1. The normalized spacial score (nSPS) is 10.2. The Morgan fingerprint density at radius 3 is 2.89 bits per heavy atom. The van der Waals surface area contributed by atoms with Gasteiger partial charge in [-0.1, -0.05) is 27.5 Å². The van der Waals surface area contributed by atoms with E-state index in [9.17, 15) is 10.1 Å². The average Bonchev–Trinajstić information content (AvgIpc) is 2.37. The minimum Gasteiger partial charge on any atom is -0.378 e. The molecule has 0 saturated heterocycles. The van der Waals surface area contributed by atoms with Crippen molar-refractivity contribution in [1.82, 2.24) is 4.98 Å². The Labute approximate surface area is 122 Å². The van der Waals surface area contributed by atoms with Crippen LogP contribution in [0.1, 0.15) is 5.56 Å². The largest absolute Gasteiger partial charge is 0.378 e. The van der Waals surface area contributed by atoms with E-state index in [4.69, 9.17) is 11.6 Å². The fourth-order valence-corrected chi connectivity index (χ4v) is 2.15. The molecule has 0 saturated carbocycles. The first kappa shape index (κ1) is 13.8. The number of nitrogens with one attached hydrogen (secondary N) is 1. The van der Waals surface area contributed by atoms with E-state index in [1.54, 1.807) is 30.6 Å². The van der Waals surface area contributed by atoms with Gasteiger partial charge in [-0.15, -0.1) is 0 Å². The predicted molar refractivity (Wildman–Crippen MR) is 77.4 cm³/mol. The Morgan fingerprint density at radius 2 is 2.21 bits per heavy atom. The first-order valence-electron chi connectivity index (χ1n) is 5.34.